The molecule has 0 aliphatic carbocycles. The number of benzene rings is 4. The van der Waals surface area contributed by atoms with Gasteiger partial charge in [-0.05, 0) is 63.9 Å². The standard InChI is InChI=1S/C25H23NO2/c1-26(20-11-13-21(28-2)14-12-20)25(27)16-15-24-22-9-5-3-7-18(22)17-19-8-4-6-10-23(19)24/h3-14,17H,15-16H2,1-2H3. The molecule has 1 amide bonds. The first-order valence-corrected chi connectivity index (χ1v) is 9.47. The molecule has 0 atom stereocenters. The van der Waals surface area contributed by atoms with Crippen molar-refractivity contribution in [3.63, 3.8) is 0 Å². The van der Waals surface area contributed by atoms with Crippen LogP contribution in [0.1, 0.15) is 12.0 Å². The molecule has 3 nitrogen and oxygen atoms in total. The summed E-state index contributed by atoms with van der Waals surface area (Å²) in [5.74, 6) is 0.883. The Morgan fingerprint density at radius 2 is 1.43 bits per heavy atom. The maximum Gasteiger partial charge on any atom is 0.227 e. The normalized spacial score (nSPS) is 10.9. The second kappa shape index (κ2) is 7.73. The summed E-state index contributed by atoms with van der Waals surface area (Å²) in [5, 5.41) is 4.88. The number of amides is 1. The fourth-order valence-corrected chi connectivity index (χ4v) is 3.73. The number of carbonyl (C=O) groups is 1. The van der Waals surface area contributed by atoms with E-state index in [1.807, 2.05) is 31.3 Å². The highest BCUT2D eigenvalue weighted by molar-refractivity contribution is 6.03. The zero-order chi connectivity index (χ0) is 19.5. The van der Waals surface area contributed by atoms with Gasteiger partial charge in [0.1, 0.15) is 5.75 Å². The minimum absolute atomic E-state index is 0.0992. The van der Waals surface area contributed by atoms with Crippen LogP contribution in [0.5, 0.6) is 5.75 Å². The van der Waals surface area contributed by atoms with E-state index in [1.54, 1.807) is 12.0 Å². The predicted octanol–water partition coefficient (Wildman–Crippen LogP) is 5.60. The third-order valence-electron chi connectivity index (χ3n) is 5.31. The number of ether oxygens (including phenoxy) is 1. The van der Waals surface area contributed by atoms with Gasteiger partial charge >= 0.3 is 0 Å². The van der Waals surface area contributed by atoms with E-state index in [0.717, 1.165) is 11.4 Å². The van der Waals surface area contributed by atoms with Crippen molar-refractivity contribution in [3.05, 3.63) is 84.4 Å². The topological polar surface area (TPSA) is 29.5 Å². The smallest absolute Gasteiger partial charge is 0.227 e. The minimum Gasteiger partial charge on any atom is -0.497 e. The van der Waals surface area contributed by atoms with Gasteiger partial charge < -0.3 is 9.64 Å². The van der Waals surface area contributed by atoms with Crippen molar-refractivity contribution in [2.75, 3.05) is 19.1 Å². The average molecular weight is 369 g/mol. The first-order valence-electron chi connectivity index (χ1n) is 9.47. The molecule has 0 spiro atoms. The van der Waals surface area contributed by atoms with Crippen LogP contribution in [0.4, 0.5) is 5.69 Å². The number of hydrogen-bond donors (Lipinski definition) is 0. The molecule has 4 aromatic rings. The van der Waals surface area contributed by atoms with E-state index < -0.39 is 0 Å². The quantitative estimate of drug-likeness (QED) is 0.429. The second-order valence-corrected chi connectivity index (χ2v) is 6.95. The van der Waals surface area contributed by atoms with Gasteiger partial charge in [0.15, 0.2) is 0 Å². The molecule has 0 aliphatic rings. The van der Waals surface area contributed by atoms with Crippen LogP contribution in [0, 0.1) is 0 Å². The molecule has 0 N–H and O–H groups in total. The number of methoxy groups -OCH3 is 1. The zero-order valence-electron chi connectivity index (χ0n) is 16.2. The molecule has 140 valence electrons. The van der Waals surface area contributed by atoms with Crippen LogP contribution in [0.25, 0.3) is 21.5 Å². The number of rotatable bonds is 5. The number of hydrogen-bond acceptors (Lipinski definition) is 2. The molecule has 0 aliphatic heterocycles. The van der Waals surface area contributed by atoms with Crippen molar-refractivity contribution in [1.82, 2.24) is 0 Å². The number of fused-ring (bicyclic) bond motifs is 2. The minimum atomic E-state index is 0.0992. The van der Waals surface area contributed by atoms with E-state index in [1.165, 1.54) is 27.1 Å². The molecular weight excluding hydrogens is 346 g/mol. The summed E-state index contributed by atoms with van der Waals surface area (Å²) in [7, 11) is 3.46. The maximum atomic E-state index is 12.8. The Hall–Kier alpha value is -3.33. The molecule has 0 aromatic heterocycles. The van der Waals surface area contributed by atoms with Gasteiger partial charge in [0.05, 0.1) is 7.11 Å². The SMILES string of the molecule is COc1ccc(N(C)C(=O)CCc2c3ccccc3cc3ccccc23)cc1. The van der Waals surface area contributed by atoms with Crippen LogP contribution < -0.4 is 9.64 Å². The van der Waals surface area contributed by atoms with E-state index in [2.05, 4.69) is 54.6 Å². The van der Waals surface area contributed by atoms with Crippen LogP contribution >= 0.6 is 0 Å². The summed E-state index contributed by atoms with van der Waals surface area (Å²) in [6, 6.07) is 26.6. The fraction of sp³-hybridized carbons (Fsp3) is 0.160. The van der Waals surface area contributed by atoms with Crippen molar-refractivity contribution in [2.45, 2.75) is 12.8 Å². The summed E-state index contributed by atoms with van der Waals surface area (Å²) >= 11 is 0. The molecule has 0 radical (unpaired) electrons. The van der Waals surface area contributed by atoms with Crippen molar-refractivity contribution in [3.8, 4) is 5.75 Å². The lowest BCUT2D eigenvalue weighted by molar-refractivity contribution is -0.118. The molecule has 28 heavy (non-hydrogen) atoms. The van der Waals surface area contributed by atoms with Gasteiger partial charge in [-0.25, -0.2) is 0 Å². The molecule has 0 heterocycles. The van der Waals surface area contributed by atoms with Gasteiger partial charge in [0, 0.05) is 19.2 Å². The van der Waals surface area contributed by atoms with E-state index in [0.29, 0.717) is 12.8 Å². The number of aryl methyl sites for hydroxylation is 1. The summed E-state index contributed by atoms with van der Waals surface area (Å²) in [4.78, 5) is 14.6. The van der Waals surface area contributed by atoms with E-state index in [9.17, 15) is 4.79 Å². The maximum absolute atomic E-state index is 12.8. The van der Waals surface area contributed by atoms with E-state index >= 15 is 0 Å². The first kappa shape index (κ1) is 18.1. The number of carbonyl (C=O) groups excluding carboxylic acids is 1. The highest BCUT2D eigenvalue weighted by Gasteiger charge is 2.14. The van der Waals surface area contributed by atoms with Crippen LogP contribution in [-0.2, 0) is 11.2 Å². The third kappa shape index (κ3) is 3.44. The van der Waals surface area contributed by atoms with Crippen molar-refractivity contribution in [1.29, 1.82) is 0 Å². The van der Waals surface area contributed by atoms with E-state index in [4.69, 9.17) is 4.74 Å². The molecular formula is C25H23NO2. The lowest BCUT2D eigenvalue weighted by Crippen LogP contribution is -2.26. The van der Waals surface area contributed by atoms with Gasteiger partial charge in [0.2, 0.25) is 5.91 Å². The Balaban J connectivity index is 1.61. The summed E-state index contributed by atoms with van der Waals surface area (Å²) in [6.45, 7) is 0. The molecule has 0 unspecified atom stereocenters. The predicted molar refractivity (Wildman–Crippen MR) is 116 cm³/mol. The van der Waals surface area contributed by atoms with Crippen LogP contribution in [-0.4, -0.2) is 20.1 Å². The highest BCUT2D eigenvalue weighted by atomic mass is 16.5. The zero-order valence-corrected chi connectivity index (χ0v) is 16.2. The monoisotopic (exact) mass is 369 g/mol. The Kier molecular flexibility index (Phi) is 4.98. The molecule has 0 saturated carbocycles. The number of nitrogens with zero attached hydrogens (tertiary/aromatic N) is 1. The highest BCUT2D eigenvalue weighted by Crippen LogP contribution is 2.29. The van der Waals surface area contributed by atoms with Gasteiger partial charge in [0.25, 0.3) is 0 Å². The molecule has 0 saturated heterocycles. The molecule has 4 aromatic carbocycles. The van der Waals surface area contributed by atoms with Gasteiger partial charge in [-0.1, -0.05) is 48.5 Å². The Morgan fingerprint density at radius 1 is 0.857 bits per heavy atom. The van der Waals surface area contributed by atoms with Crippen molar-refractivity contribution in [2.24, 2.45) is 0 Å². The van der Waals surface area contributed by atoms with Crippen LogP contribution in [0.15, 0.2) is 78.9 Å². The van der Waals surface area contributed by atoms with Crippen molar-refractivity contribution < 1.29 is 9.53 Å². The molecule has 0 fully saturated rings. The molecule has 3 heteroatoms. The summed E-state index contributed by atoms with van der Waals surface area (Å²) in [6.07, 6.45) is 1.17. The molecule has 0 bridgehead atoms. The Morgan fingerprint density at radius 3 is 2.00 bits per heavy atom. The summed E-state index contributed by atoms with van der Waals surface area (Å²) in [5.41, 5.74) is 2.11. The number of anilines is 1. The van der Waals surface area contributed by atoms with Gasteiger partial charge in [-0.2, -0.15) is 0 Å². The van der Waals surface area contributed by atoms with Crippen LogP contribution in [0.3, 0.4) is 0 Å². The first-order chi connectivity index (χ1) is 13.7. The average Bonchev–Trinajstić information content (AvgIpc) is 2.76. The van der Waals surface area contributed by atoms with Crippen molar-refractivity contribution >= 4 is 33.1 Å². The third-order valence-corrected chi connectivity index (χ3v) is 5.31. The Bertz CT molecular complexity index is 1080. The van der Waals surface area contributed by atoms with E-state index in [-0.39, 0.29) is 5.91 Å². The summed E-state index contributed by atoms with van der Waals surface area (Å²) < 4.78 is 5.19. The Labute approximate surface area is 165 Å². The lowest BCUT2D eigenvalue weighted by Gasteiger charge is -2.18. The largest absolute Gasteiger partial charge is 0.497 e. The van der Waals surface area contributed by atoms with Gasteiger partial charge in [-0.15, -0.1) is 0 Å². The lowest BCUT2D eigenvalue weighted by atomic mass is 9.94. The molecule has 4 rings (SSSR count). The van der Waals surface area contributed by atoms with Gasteiger partial charge in [-0.3, -0.25) is 4.79 Å². The van der Waals surface area contributed by atoms with Crippen LogP contribution in [0.2, 0.25) is 0 Å². The second-order valence-electron chi connectivity index (χ2n) is 6.95. The fourth-order valence-electron chi connectivity index (χ4n) is 3.73.